The molecule has 1 saturated heterocycles. The molecule has 0 unspecified atom stereocenters. The number of anilines is 1. The largest absolute Gasteiger partial charge is 0.479 e. The molecule has 2 aliphatic rings. The first-order chi connectivity index (χ1) is 46.6. The number of ether oxygens (including phenoxy) is 5. The molecule has 2 aromatic rings. The van der Waals surface area contributed by atoms with Crippen LogP contribution in [0.3, 0.4) is 0 Å². The second-order valence-electron chi connectivity index (χ2n) is 28.2. The standard InChI is InChI=1S/C70H105N9O21/c1-40(2)47(34-41(3)63(91)92)78(14)62(90)59(67(4,5)6)77-61(89)58(71-13)70(11,12)44-20-19-21-45(36-44)75-66(95)97-39-42-23-24-48(99-65-56(87)54(85)55(86)57(100-65)64(93)94)43(35-42)37-73-50(81)28-31-72-60(88)46(76-51(82)22-17-16-18-32-79-52(83)25-26-53(79)84)38-74-49(80)27-29-69(9,10)98-33-30-68(7,8)96-15/h19-21,23-26,34-36,40,46-47,54-59,65,71,85-87H,16-18,22,27-33,37-39H2,1-15H3,(H,72,88)(H,73,81)(H,74,80)(H,75,95)(H,76,82)(H,77,89)(H,91,92)(H,93,94)/b41-34+/t46-,47+,54-,55-,56+,57-,58+,59+,65+/m0/s1. The average molecular weight is 1410 g/mol. The van der Waals surface area contributed by atoms with Crippen molar-refractivity contribution in [2.45, 2.75) is 219 Å². The molecular formula is C70H105N9O21. The summed E-state index contributed by atoms with van der Waals surface area (Å²) in [5.41, 5.74) is -1.50. The zero-order chi connectivity index (χ0) is 75.2. The van der Waals surface area contributed by atoms with E-state index in [1.165, 1.54) is 48.3 Å². The lowest BCUT2D eigenvalue weighted by Crippen LogP contribution is -2.61. The Hall–Kier alpha value is -8.39. The van der Waals surface area contributed by atoms with E-state index >= 15 is 0 Å². The first-order valence-corrected chi connectivity index (χ1v) is 33.4. The number of aliphatic hydroxyl groups excluding tert-OH is 3. The third kappa shape index (κ3) is 25.7. The normalized spacial score (nSPS) is 18.6. The van der Waals surface area contributed by atoms with Crippen LogP contribution in [0.1, 0.15) is 151 Å². The van der Waals surface area contributed by atoms with Gasteiger partial charge < -0.3 is 86.0 Å². The molecule has 556 valence electrons. The van der Waals surface area contributed by atoms with Crippen molar-refractivity contribution in [2.75, 3.05) is 52.8 Å². The monoisotopic (exact) mass is 1410 g/mol. The van der Waals surface area contributed by atoms with Gasteiger partial charge in [0.2, 0.25) is 41.7 Å². The van der Waals surface area contributed by atoms with Crippen LogP contribution in [0.25, 0.3) is 0 Å². The second-order valence-corrected chi connectivity index (χ2v) is 28.2. The number of carboxylic acid groups (broad SMARTS) is 2. The fourth-order valence-electron chi connectivity index (χ4n) is 10.9. The van der Waals surface area contributed by atoms with Gasteiger partial charge in [0.15, 0.2) is 6.10 Å². The van der Waals surface area contributed by atoms with E-state index in [0.717, 1.165) is 4.90 Å². The van der Waals surface area contributed by atoms with Gasteiger partial charge in [-0.2, -0.15) is 0 Å². The molecule has 9 atom stereocenters. The summed E-state index contributed by atoms with van der Waals surface area (Å²) < 4.78 is 28.4. The number of aliphatic carboxylic acids is 2. The number of carbonyl (C=O) groups excluding carboxylic acids is 9. The summed E-state index contributed by atoms with van der Waals surface area (Å²) in [5.74, 6) is -7.17. The van der Waals surface area contributed by atoms with Gasteiger partial charge in [0.05, 0.1) is 29.9 Å². The highest BCUT2D eigenvalue weighted by Gasteiger charge is 2.49. The van der Waals surface area contributed by atoms with Gasteiger partial charge in [-0.25, -0.2) is 14.4 Å². The minimum Gasteiger partial charge on any atom is -0.479 e. The maximum absolute atomic E-state index is 14.4. The van der Waals surface area contributed by atoms with Crippen LogP contribution < -0.4 is 42.0 Å². The van der Waals surface area contributed by atoms with Gasteiger partial charge in [-0.05, 0) is 114 Å². The molecule has 4 rings (SSSR count). The second kappa shape index (κ2) is 37.9. The van der Waals surface area contributed by atoms with E-state index in [9.17, 15) is 78.3 Å². The molecule has 0 spiro atoms. The van der Waals surface area contributed by atoms with E-state index in [4.69, 9.17) is 23.7 Å². The Balaban J connectivity index is 1.47. The topological polar surface area (TPSA) is 426 Å². The lowest BCUT2D eigenvalue weighted by Gasteiger charge is -2.40. The maximum atomic E-state index is 14.4. The summed E-state index contributed by atoms with van der Waals surface area (Å²) >= 11 is 0. The first kappa shape index (κ1) is 84.0. The van der Waals surface area contributed by atoms with Crippen LogP contribution in [-0.4, -0.2) is 214 Å². The first-order valence-electron chi connectivity index (χ1n) is 33.4. The number of aliphatic hydroxyl groups is 3. The van der Waals surface area contributed by atoms with Crippen molar-refractivity contribution in [3.63, 3.8) is 0 Å². The van der Waals surface area contributed by atoms with E-state index in [1.807, 2.05) is 41.5 Å². The van der Waals surface area contributed by atoms with Crippen LogP contribution >= 0.6 is 0 Å². The Morgan fingerprint density at radius 1 is 0.740 bits per heavy atom. The fourth-order valence-corrected chi connectivity index (χ4v) is 10.9. The Labute approximate surface area is 584 Å². The van der Waals surface area contributed by atoms with E-state index in [1.54, 1.807) is 80.1 Å². The number of carboxylic acids is 2. The lowest BCUT2D eigenvalue weighted by atomic mass is 9.76. The zero-order valence-corrected chi connectivity index (χ0v) is 60.1. The number of imide groups is 1. The minimum atomic E-state index is -2.03. The molecule has 12 N–H and O–H groups in total. The van der Waals surface area contributed by atoms with Crippen LogP contribution in [0.5, 0.6) is 5.75 Å². The molecule has 0 bridgehead atoms. The van der Waals surface area contributed by atoms with Crippen LogP contribution in [0.4, 0.5) is 10.5 Å². The van der Waals surface area contributed by atoms with E-state index < -0.39 is 149 Å². The predicted octanol–water partition coefficient (Wildman–Crippen LogP) is 3.22. The number of methoxy groups -OCH3 is 1. The van der Waals surface area contributed by atoms with Crippen molar-refractivity contribution in [3.8, 4) is 5.75 Å². The van der Waals surface area contributed by atoms with Crippen molar-refractivity contribution in [1.82, 2.24) is 41.7 Å². The maximum Gasteiger partial charge on any atom is 0.411 e. The minimum absolute atomic E-state index is 0.0185. The predicted molar refractivity (Wildman–Crippen MR) is 365 cm³/mol. The number of hydrogen-bond acceptors (Lipinski definition) is 20. The Bertz CT molecular complexity index is 3250. The van der Waals surface area contributed by atoms with Gasteiger partial charge >= 0.3 is 18.0 Å². The molecular weight excluding hydrogens is 1300 g/mol. The summed E-state index contributed by atoms with van der Waals surface area (Å²) in [5, 5.41) is 70.4. The third-order valence-electron chi connectivity index (χ3n) is 17.5. The molecule has 30 heteroatoms. The number of nitrogens with zero attached hydrogens (tertiary/aromatic N) is 2. The summed E-state index contributed by atoms with van der Waals surface area (Å²) in [6.07, 6.45) is -5.14. The smallest absolute Gasteiger partial charge is 0.411 e. The van der Waals surface area contributed by atoms with Gasteiger partial charge in [0.1, 0.15) is 42.8 Å². The van der Waals surface area contributed by atoms with Gasteiger partial charge in [0, 0.05) is 94.0 Å². The molecule has 30 nitrogen and oxygen atoms in total. The summed E-state index contributed by atoms with van der Waals surface area (Å²) in [7, 11) is 4.77. The molecule has 0 radical (unpaired) electrons. The van der Waals surface area contributed by atoms with Crippen LogP contribution in [0.2, 0.25) is 0 Å². The van der Waals surface area contributed by atoms with Crippen LogP contribution in [-0.2, 0) is 85.5 Å². The van der Waals surface area contributed by atoms with E-state index in [0.29, 0.717) is 49.8 Å². The van der Waals surface area contributed by atoms with Gasteiger partial charge in [-0.15, -0.1) is 0 Å². The highest BCUT2D eigenvalue weighted by molar-refractivity contribution is 6.12. The number of carbonyl (C=O) groups is 11. The molecule has 0 saturated carbocycles. The zero-order valence-electron chi connectivity index (χ0n) is 60.1. The Morgan fingerprint density at radius 2 is 1.40 bits per heavy atom. The SMILES string of the molecule is CN[C@H](C(=O)N[C@H](C(=O)N(C)[C@H](/C=C(\C)C(=O)O)C(C)C)C(C)(C)C)C(C)(C)c1cccc(NC(=O)OCc2ccc(O[C@@H]3O[C@H](C(=O)O)[C@@H](O)[C@H](O)[C@H]3O)c(CNC(=O)CCNC(=O)[C@H](CNC(=O)CCC(C)(C)OCCC(C)(C)OC)NC(=O)CCCCCN3C(=O)C=CC3=O)c2)c1. The molecule has 0 aromatic heterocycles. The number of rotatable bonds is 39. The summed E-state index contributed by atoms with van der Waals surface area (Å²) in [6.45, 7) is 20.9. The number of hydrogen-bond donors (Lipinski definition) is 12. The van der Waals surface area contributed by atoms with Gasteiger partial charge in [-0.1, -0.05) is 79.2 Å². The Morgan fingerprint density at radius 3 is 2.01 bits per heavy atom. The van der Waals surface area contributed by atoms with Crippen molar-refractivity contribution in [2.24, 2.45) is 11.3 Å². The molecule has 1 fully saturated rings. The number of likely N-dealkylation sites (N-methyl/N-ethyl adjacent to an activating group) is 2. The fraction of sp³-hybridized carbons (Fsp3) is 0.614. The van der Waals surface area contributed by atoms with Crippen molar-refractivity contribution in [1.29, 1.82) is 0 Å². The lowest BCUT2D eigenvalue weighted by molar-refractivity contribution is -0.271. The number of amides is 9. The molecule has 2 heterocycles. The Kier molecular flexibility index (Phi) is 31.8. The average Bonchev–Trinajstić information content (AvgIpc) is 1.05. The highest BCUT2D eigenvalue weighted by Crippen LogP contribution is 2.33. The van der Waals surface area contributed by atoms with Gasteiger partial charge in [-0.3, -0.25) is 48.6 Å². The van der Waals surface area contributed by atoms with Crippen LogP contribution in [0, 0.1) is 11.3 Å². The molecule has 2 aliphatic heterocycles. The number of unbranched alkanes of at least 4 members (excludes halogenated alkanes) is 2. The summed E-state index contributed by atoms with van der Waals surface area (Å²) in [4.78, 5) is 146. The molecule has 2 aromatic carbocycles. The van der Waals surface area contributed by atoms with Crippen molar-refractivity contribution >= 4 is 71.0 Å². The van der Waals surface area contributed by atoms with E-state index in [-0.39, 0.29) is 73.9 Å². The molecule has 9 amide bonds. The highest BCUT2D eigenvalue weighted by atomic mass is 16.7. The van der Waals surface area contributed by atoms with E-state index in [2.05, 4.69) is 37.2 Å². The summed E-state index contributed by atoms with van der Waals surface area (Å²) in [6, 6.07) is 7.02. The van der Waals surface area contributed by atoms with Crippen molar-refractivity contribution < 1.29 is 102 Å². The molecule has 0 aliphatic carbocycles. The number of benzene rings is 2. The van der Waals surface area contributed by atoms with Crippen molar-refractivity contribution in [3.05, 3.63) is 83.0 Å². The quantitative estimate of drug-likeness (QED) is 0.0260. The molecule has 100 heavy (non-hydrogen) atoms. The number of nitrogens with one attached hydrogen (secondary N) is 7. The third-order valence-corrected chi connectivity index (χ3v) is 17.5. The van der Waals surface area contributed by atoms with Crippen LogP contribution in [0.15, 0.2) is 66.3 Å². The van der Waals surface area contributed by atoms with Gasteiger partial charge in [0.25, 0.3) is 11.8 Å².